The Hall–Kier alpha value is -1.25. The molecular weight excluding hydrogens is 519 g/mol. The highest BCUT2D eigenvalue weighted by atomic mass is 79.9. The second kappa shape index (κ2) is 13.2. The lowest BCUT2D eigenvalue weighted by atomic mass is 9.97. The molecule has 0 N–H and O–H groups in total. The fourth-order valence-corrected chi connectivity index (χ4v) is 6.10. The first kappa shape index (κ1) is 23.4. The number of hydrogen-bond donors (Lipinski definition) is 0. The van der Waals surface area contributed by atoms with Crippen LogP contribution in [0.4, 0.5) is 0 Å². The second-order valence-electron chi connectivity index (χ2n) is 7.13. The van der Waals surface area contributed by atoms with Gasteiger partial charge in [0.15, 0.2) is 0 Å². The predicted molar refractivity (Wildman–Crippen MR) is 139 cm³/mol. The summed E-state index contributed by atoms with van der Waals surface area (Å²) in [5.74, 6) is 0.828. The van der Waals surface area contributed by atoms with Crippen molar-refractivity contribution in [3.05, 3.63) is 100 Å². The third kappa shape index (κ3) is 7.78. The van der Waals surface area contributed by atoms with Crippen LogP contribution in [-0.4, -0.2) is 13.2 Å². The SMILES string of the molecule is BrC(Br)=CCC1CCOCC1.c1ccc(P(c2ccccc2)c2ccccc2)cc1. The third-order valence-electron chi connectivity index (χ3n) is 4.99. The van der Waals surface area contributed by atoms with Gasteiger partial charge < -0.3 is 4.74 Å². The van der Waals surface area contributed by atoms with E-state index < -0.39 is 7.92 Å². The van der Waals surface area contributed by atoms with E-state index in [9.17, 15) is 0 Å². The van der Waals surface area contributed by atoms with Gasteiger partial charge in [0.25, 0.3) is 0 Å². The van der Waals surface area contributed by atoms with Gasteiger partial charge >= 0.3 is 0 Å². The Morgan fingerprint density at radius 2 is 1.13 bits per heavy atom. The van der Waals surface area contributed by atoms with Gasteiger partial charge in [0, 0.05) is 13.2 Å². The van der Waals surface area contributed by atoms with Gasteiger partial charge in [-0.25, -0.2) is 0 Å². The number of ether oxygens (including phenoxy) is 1. The molecule has 0 saturated carbocycles. The van der Waals surface area contributed by atoms with Crippen molar-refractivity contribution in [2.45, 2.75) is 19.3 Å². The van der Waals surface area contributed by atoms with Gasteiger partial charge in [-0.1, -0.05) is 97.1 Å². The lowest BCUT2D eigenvalue weighted by Gasteiger charge is -2.20. The minimum atomic E-state index is -0.446. The van der Waals surface area contributed by atoms with Gasteiger partial charge in [0.2, 0.25) is 0 Å². The van der Waals surface area contributed by atoms with Crippen molar-refractivity contribution in [1.82, 2.24) is 0 Å². The molecule has 0 spiro atoms. The van der Waals surface area contributed by atoms with E-state index in [1.807, 2.05) is 0 Å². The van der Waals surface area contributed by atoms with Crippen LogP contribution in [0.15, 0.2) is 100 Å². The van der Waals surface area contributed by atoms with Crippen molar-refractivity contribution in [2.24, 2.45) is 5.92 Å². The van der Waals surface area contributed by atoms with E-state index in [-0.39, 0.29) is 0 Å². The normalized spacial score (nSPS) is 14.0. The molecule has 0 atom stereocenters. The monoisotopic (exact) mass is 544 g/mol. The summed E-state index contributed by atoms with van der Waals surface area (Å²) >= 11 is 6.70. The summed E-state index contributed by atoms with van der Waals surface area (Å²) < 4.78 is 6.33. The number of benzene rings is 3. The van der Waals surface area contributed by atoms with Gasteiger partial charge in [0.05, 0.1) is 3.39 Å². The Morgan fingerprint density at radius 3 is 1.50 bits per heavy atom. The van der Waals surface area contributed by atoms with Crippen LogP contribution in [0.5, 0.6) is 0 Å². The Labute approximate surface area is 198 Å². The molecule has 4 heteroatoms. The molecule has 4 rings (SSSR count). The van der Waals surface area contributed by atoms with Gasteiger partial charge in [-0.15, -0.1) is 0 Å². The summed E-state index contributed by atoms with van der Waals surface area (Å²) in [6, 6.07) is 32.3. The molecule has 0 bridgehead atoms. The number of hydrogen-bond acceptors (Lipinski definition) is 1. The maximum atomic E-state index is 5.26. The molecule has 1 nitrogen and oxygen atoms in total. The minimum Gasteiger partial charge on any atom is -0.381 e. The average molecular weight is 546 g/mol. The molecule has 3 aromatic carbocycles. The van der Waals surface area contributed by atoms with Crippen molar-refractivity contribution in [3.8, 4) is 0 Å². The number of halogens is 2. The Kier molecular flexibility index (Phi) is 10.3. The van der Waals surface area contributed by atoms with E-state index in [4.69, 9.17) is 4.74 Å². The summed E-state index contributed by atoms with van der Waals surface area (Å²) in [7, 11) is -0.446. The van der Waals surface area contributed by atoms with E-state index in [1.165, 1.54) is 28.8 Å². The average Bonchev–Trinajstić information content (AvgIpc) is 2.81. The zero-order valence-corrected chi connectivity index (χ0v) is 21.0. The van der Waals surface area contributed by atoms with Crippen LogP contribution in [0.1, 0.15) is 19.3 Å². The molecule has 1 saturated heterocycles. The molecule has 0 unspecified atom stereocenters. The number of allylic oxidation sites excluding steroid dienone is 1. The lowest BCUT2D eigenvalue weighted by Crippen LogP contribution is -2.20. The largest absolute Gasteiger partial charge is 0.381 e. The molecule has 1 aliphatic rings. The van der Waals surface area contributed by atoms with Crippen LogP contribution in [0, 0.1) is 5.92 Å². The van der Waals surface area contributed by atoms with Crippen LogP contribution in [0.3, 0.4) is 0 Å². The van der Waals surface area contributed by atoms with Crippen molar-refractivity contribution in [3.63, 3.8) is 0 Å². The summed E-state index contributed by atoms with van der Waals surface area (Å²) in [5.41, 5.74) is 0. The van der Waals surface area contributed by atoms with Gasteiger partial charge in [-0.2, -0.15) is 0 Å². The first-order valence-corrected chi connectivity index (χ1v) is 13.2. The molecule has 0 aliphatic carbocycles. The highest BCUT2D eigenvalue weighted by Gasteiger charge is 2.15. The maximum absolute atomic E-state index is 5.26. The summed E-state index contributed by atoms with van der Waals surface area (Å²) in [4.78, 5) is 0. The van der Waals surface area contributed by atoms with E-state index in [1.54, 1.807) is 0 Å². The molecular formula is C26H27Br2OP. The first-order chi connectivity index (χ1) is 14.7. The number of rotatable bonds is 5. The summed E-state index contributed by atoms with van der Waals surface area (Å²) in [6.07, 6.45) is 5.76. The van der Waals surface area contributed by atoms with Gasteiger partial charge in [-0.3, -0.25) is 0 Å². The smallest absolute Gasteiger partial charge is 0.0564 e. The van der Waals surface area contributed by atoms with E-state index in [0.717, 1.165) is 28.9 Å². The zero-order chi connectivity index (χ0) is 21.0. The molecule has 0 amide bonds. The second-order valence-corrected chi connectivity index (χ2v) is 12.1. The van der Waals surface area contributed by atoms with Crippen molar-refractivity contribution in [1.29, 1.82) is 0 Å². The fraction of sp³-hybridized carbons (Fsp3) is 0.231. The highest BCUT2D eigenvalue weighted by Crippen LogP contribution is 2.32. The van der Waals surface area contributed by atoms with E-state index >= 15 is 0 Å². The maximum Gasteiger partial charge on any atom is 0.0564 e. The van der Waals surface area contributed by atoms with Crippen LogP contribution in [-0.2, 0) is 4.74 Å². The highest BCUT2D eigenvalue weighted by molar-refractivity contribution is 9.28. The molecule has 3 aromatic rings. The Bertz CT molecular complexity index is 781. The third-order valence-corrected chi connectivity index (χ3v) is 8.08. The van der Waals surface area contributed by atoms with E-state index in [0.29, 0.717) is 0 Å². The quantitative estimate of drug-likeness (QED) is 0.317. The van der Waals surface area contributed by atoms with Gasteiger partial charge in [0.1, 0.15) is 0 Å². The molecule has 0 aromatic heterocycles. The molecule has 156 valence electrons. The Balaban J connectivity index is 0.000000199. The van der Waals surface area contributed by atoms with Crippen LogP contribution in [0.2, 0.25) is 0 Å². The summed E-state index contributed by atoms with van der Waals surface area (Å²) in [6.45, 7) is 1.89. The lowest BCUT2D eigenvalue weighted by molar-refractivity contribution is 0.0673. The van der Waals surface area contributed by atoms with Crippen molar-refractivity contribution < 1.29 is 4.74 Å². The fourth-order valence-electron chi connectivity index (χ4n) is 3.42. The molecule has 30 heavy (non-hydrogen) atoms. The first-order valence-electron chi connectivity index (χ1n) is 10.3. The van der Waals surface area contributed by atoms with E-state index in [2.05, 4.69) is 129 Å². The van der Waals surface area contributed by atoms with Crippen LogP contribution >= 0.6 is 39.8 Å². The molecule has 1 fully saturated rings. The predicted octanol–water partition coefficient (Wildman–Crippen LogP) is 6.88. The summed E-state index contributed by atoms with van der Waals surface area (Å²) in [5, 5.41) is 4.19. The van der Waals surface area contributed by atoms with Crippen molar-refractivity contribution >= 4 is 55.7 Å². The zero-order valence-electron chi connectivity index (χ0n) is 17.0. The minimum absolute atomic E-state index is 0.446. The van der Waals surface area contributed by atoms with Crippen LogP contribution in [0.25, 0.3) is 0 Å². The van der Waals surface area contributed by atoms with Crippen LogP contribution < -0.4 is 15.9 Å². The molecule has 0 radical (unpaired) electrons. The standard InChI is InChI=1S/C18H15P.C8H12Br2O/c1-4-10-16(11-5-1)19(17-12-6-2-7-13-17)18-14-8-3-9-15-18;9-8(10)2-1-7-3-5-11-6-4-7/h1-15H;2,7H,1,3-6H2. The van der Waals surface area contributed by atoms with Crippen molar-refractivity contribution in [2.75, 3.05) is 13.2 Å². The molecule has 1 aliphatic heterocycles. The topological polar surface area (TPSA) is 9.23 Å². The molecule has 1 heterocycles. The Morgan fingerprint density at radius 1 is 0.733 bits per heavy atom. The van der Waals surface area contributed by atoms with Gasteiger partial charge in [-0.05, 0) is 80.9 Å².